The van der Waals surface area contributed by atoms with Crippen LogP contribution in [0, 0.1) is 0 Å². The van der Waals surface area contributed by atoms with Gasteiger partial charge in [-0.25, -0.2) is 0 Å². The molecule has 0 radical (unpaired) electrons. The molecule has 0 unspecified atom stereocenters. The molecule has 0 saturated heterocycles. The molecule has 14 heavy (non-hydrogen) atoms. The Morgan fingerprint density at radius 3 is 3.07 bits per heavy atom. The van der Waals surface area contributed by atoms with Gasteiger partial charge in [0.05, 0.1) is 5.69 Å². The van der Waals surface area contributed by atoms with E-state index in [0.29, 0.717) is 12.2 Å². The molecule has 0 aromatic carbocycles. The van der Waals surface area contributed by atoms with Gasteiger partial charge in [0.25, 0.3) is 0 Å². The fraction of sp³-hybridized carbons (Fsp3) is 0.200. The molecule has 1 heterocycles. The van der Waals surface area contributed by atoms with Crippen molar-refractivity contribution in [1.82, 2.24) is 9.88 Å². The second-order valence-corrected chi connectivity index (χ2v) is 2.77. The first kappa shape index (κ1) is 10.2. The highest BCUT2D eigenvalue weighted by atomic mass is 16.2. The predicted molar refractivity (Wildman–Crippen MR) is 53.0 cm³/mol. The highest BCUT2D eigenvalue weighted by Gasteiger charge is 2.03. The average molecular weight is 192 g/mol. The molecule has 74 valence electrons. The lowest BCUT2D eigenvalue weighted by Crippen LogP contribution is -2.27. The van der Waals surface area contributed by atoms with Crippen molar-refractivity contribution in [2.75, 3.05) is 6.54 Å². The smallest absolute Gasteiger partial charge is 0.240 e. The van der Waals surface area contributed by atoms with E-state index in [-0.39, 0.29) is 12.5 Å². The summed E-state index contributed by atoms with van der Waals surface area (Å²) >= 11 is 0. The largest absolute Gasteiger partial charge is 0.351 e. The van der Waals surface area contributed by atoms with Crippen LogP contribution in [-0.4, -0.2) is 23.3 Å². The minimum Gasteiger partial charge on any atom is -0.351 e. The molecule has 4 nitrogen and oxygen atoms in total. The third kappa shape index (κ3) is 2.58. The van der Waals surface area contributed by atoms with Gasteiger partial charge in [-0.2, -0.15) is 0 Å². The number of aromatic nitrogens is 1. The maximum absolute atomic E-state index is 11.2. The number of hydrogen-bond acceptors (Lipinski definition) is 2. The summed E-state index contributed by atoms with van der Waals surface area (Å²) < 4.78 is 1.59. The van der Waals surface area contributed by atoms with E-state index in [0.717, 1.165) is 6.29 Å². The Balaban J connectivity index is 2.55. The third-order valence-corrected chi connectivity index (χ3v) is 1.74. The molecule has 4 heteroatoms. The lowest BCUT2D eigenvalue weighted by molar-refractivity contribution is -0.121. The van der Waals surface area contributed by atoms with E-state index < -0.39 is 0 Å². The first-order valence-corrected chi connectivity index (χ1v) is 4.26. The van der Waals surface area contributed by atoms with Gasteiger partial charge in [-0.1, -0.05) is 6.08 Å². The molecule has 1 N–H and O–H groups in total. The van der Waals surface area contributed by atoms with Crippen molar-refractivity contribution < 1.29 is 9.59 Å². The Bertz CT molecular complexity index is 342. The van der Waals surface area contributed by atoms with Gasteiger partial charge in [0.15, 0.2) is 6.29 Å². The summed E-state index contributed by atoms with van der Waals surface area (Å²) in [6, 6.07) is 3.39. The van der Waals surface area contributed by atoms with Crippen molar-refractivity contribution in [3.8, 4) is 0 Å². The Labute approximate surface area is 82.2 Å². The van der Waals surface area contributed by atoms with E-state index in [9.17, 15) is 9.59 Å². The SMILES string of the molecule is C=CCNC(=O)Cn1cccc1C=O. The second kappa shape index (κ2) is 5.01. The van der Waals surface area contributed by atoms with Gasteiger partial charge in [0, 0.05) is 12.7 Å². The standard InChI is InChI=1S/C10H12N2O2/c1-2-5-11-10(14)7-12-6-3-4-9(12)8-13/h2-4,6,8H,1,5,7H2,(H,11,14). The molecule has 1 aromatic heterocycles. The number of rotatable bonds is 5. The molecule has 0 aliphatic carbocycles. The van der Waals surface area contributed by atoms with Crippen LogP contribution in [0.15, 0.2) is 31.0 Å². The predicted octanol–water partition coefficient (Wildman–Crippen LogP) is 0.603. The Morgan fingerprint density at radius 2 is 2.43 bits per heavy atom. The number of nitrogens with zero attached hydrogens (tertiary/aromatic N) is 1. The second-order valence-electron chi connectivity index (χ2n) is 2.77. The molecule has 0 bridgehead atoms. The van der Waals surface area contributed by atoms with Crippen molar-refractivity contribution in [3.05, 3.63) is 36.7 Å². The first-order valence-electron chi connectivity index (χ1n) is 4.26. The van der Waals surface area contributed by atoms with Crippen LogP contribution in [-0.2, 0) is 11.3 Å². The monoisotopic (exact) mass is 192 g/mol. The maximum Gasteiger partial charge on any atom is 0.240 e. The molecule has 0 aliphatic heterocycles. The number of aldehydes is 1. The quantitative estimate of drug-likeness (QED) is 0.548. The Hall–Kier alpha value is -1.84. The summed E-state index contributed by atoms with van der Waals surface area (Å²) in [5, 5.41) is 2.63. The van der Waals surface area contributed by atoms with E-state index in [1.165, 1.54) is 0 Å². The van der Waals surface area contributed by atoms with Crippen molar-refractivity contribution in [2.45, 2.75) is 6.54 Å². The average Bonchev–Trinajstić information content (AvgIpc) is 2.62. The summed E-state index contributed by atoms with van der Waals surface area (Å²) in [5.74, 6) is -0.135. The van der Waals surface area contributed by atoms with E-state index in [1.807, 2.05) is 0 Å². The fourth-order valence-electron chi connectivity index (χ4n) is 1.07. The van der Waals surface area contributed by atoms with Gasteiger partial charge in [-0.15, -0.1) is 6.58 Å². The molecular formula is C10H12N2O2. The highest BCUT2D eigenvalue weighted by molar-refractivity contribution is 5.78. The minimum atomic E-state index is -0.135. The topological polar surface area (TPSA) is 51.1 Å². The highest BCUT2D eigenvalue weighted by Crippen LogP contribution is 1.98. The van der Waals surface area contributed by atoms with Gasteiger partial charge >= 0.3 is 0 Å². The van der Waals surface area contributed by atoms with Crippen LogP contribution in [0.2, 0.25) is 0 Å². The summed E-state index contributed by atoms with van der Waals surface area (Å²) in [6.45, 7) is 4.09. The molecule has 1 aromatic rings. The fourth-order valence-corrected chi connectivity index (χ4v) is 1.07. The van der Waals surface area contributed by atoms with E-state index in [1.54, 1.807) is 29.0 Å². The summed E-state index contributed by atoms with van der Waals surface area (Å²) in [7, 11) is 0. The molecule has 0 fully saturated rings. The Morgan fingerprint density at radius 1 is 1.64 bits per heavy atom. The lowest BCUT2D eigenvalue weighted by atomic mass is 10.4. The van der Waals surface area contributed by atoms with Crippen LogP contribution < -0.4 is 5.32 Å². The molecule has 1 rings (SSSR count). The number of carbonyl (C=O) groups is 2. The van der Waals surface area contributed by atoms with E-state index in [4.69, 9.17) is 0 Å². The maximum atomic E-state index is 11.2. The van der Waals surface area contributed by atoms with Crippen molar-refractivity contribution in [2.24, 2.45) is 0 Å². The minimum absolute atomic E-state index is 0.135. The zero-order chi connectivity index (χ0) is 10.4. The van der Waals surface area contributed by atoms with Crippen molar-refractivity contribution >= 4 is 12.2 Å². The third-order valence-electron chi connectivity index (χ3n) is 1.74. The van der Waals surface area contributed by atoms with E-state index >= 15 is 0 Å². The molecule has 0 atom stereocenters. The van der Waals surface area contributed by atoms with Gasteiger partial charge in [-0.3, -0.25) is 9.59 Å². The number of amides is 1. The first-order chi connectivity index (χ1) is 6.77. The van der Waals surface area contributed by atoms with Crippen molar-refractivity contribution in [1.29, 1.82) is 0 Å². The lowest BCUT2D eigenvalue weighted by Gasteiger charge is -2.04. The summed E-state index contributed by atoms with van der Waals surface area (Å²) in [6.07, 6.45) is 4.02. The van der Waals surface area contributed by atoms with Gasteiger partial charge in [0.2, 0.25) is 5.91 Å². The zero-order valence-electron chi connectivity index (χ0n) is 7.77. The number of hydrogen-bond donors (Lipinski definition) is 1. The summed E-state index contributed by atoms with van der Waals surface area (Å²) in [4.78, 5) is 21.8. The van der Waals surface area contributed by atoms with Gasteiger partial charge in [-0.05, 0) is 12.1 Å². The van der Waals surface area contributed by atoms with Crippen LogP contribution in [0.3, 0.4) is 0 Å². The molecule has 1 amide bonds. The number of carbonyl (C=O) groups excluding carboxylic acids is 2. The number of nitrogens with one attached hydrogen (secondary N) is 1. The molecular weight excluding hydrogens is 180 g/mol. The molecule has 0 spiro atoms. The van der Waals surface area contributed by atoms with Crippen LogP contribution in [0.25, 0.3) is 0 Å². The molecule has 0 aliphatic rings. The zero-order valence-corrected chi connectivity index (χ0v) is 7.77. The Kier molecular flexibility index (Phi) is 3.67. The van der Waals surface area contributed by atoms with Crippen LogP contribution in [0.1, 0.15) is 10.5 Å². The van der Waals surface area contributed by atoms with Crippen LogP contribution in [0.5, 0.6) is 0 Å². The summed E-state index contributed by atoms with van der Waals surface area (Å²) in [5.41, 5.74) is 0.499. The van der Waals surface area contributed by atoms with Gasteiger partial charge in [0.1, 0.15) is 6.54 Å². The van der Waals surface area contributed by atoms with Crippen LogP contribution in [0.4, 0.5) is 0 Å². The van der Waals surface area contributed by atoms with Gasteiger partial charge < -0.3 is 9.88 Å². The van der Waals surface area contributed by atoms with Crippen LogP contribution >= 0.6 is 0 Å². The van der Waals surface area contributed by atoms with Crippen molar-refractivity contribution in [3.63, 3.8) is 0 Å². The van der Waals surface area contributed by atoms with E-state index in [2.05, 4.69) is 11.9 Å². The normalized spacial score (nSPS) is 9.43. The molecule has 0 saturated carbocycles.